The quantitative estimate of drug-likeness (QED) is 0.857. The minimum Gasteiger partial charge on any atom is -0.495 e. The number of rotatable bonds is 2. The Labute approximate surface area is 101 Å². The van der Waals surface area contributed by atoms with Crippen molar-refractivity contribution < 1.29 is 14.6 Å². The molecule has 0 aliphatic heterocycles. The molecule has 0 saturated heterocycles. The van der Waals surface area contributed by atoms with E-state index in [2.05, 4.69) is 4.98 Å². The highest BCUT2D eigenvalue weighted by molar-refractivity contribution is 6.33. The molecule has 1 aromatic heterocycles. The fraction of sp³-hybridized carbons (Fsp3) is 0.0909. The van der Waals surface area contributed by atoms with E-state index in [0.717, 1.165) is 6.07 Å². The number of halogens is 1. The number of hydrogen-bond donors (Lipinski definition) is 2. The molecule has 2 aromatic rings. The van der Waals surface area contributed by atoms with Crippen molar-refractivity contribution in [3.8, 4) is 5.75 Å². The Balaban J connectivity index is 2.91. The summed E-state index contributed by atoms with van der Waals surface area (Å²) in [5.74, 6) is -0.820. The van der Waals surface area contributed by atoms with Crippen LogP contribution in [0, 0.1) is 0 Å². The Morgan fingerprint density at radius 3 is 2.71 bits per heavy atom. The summed E-state index contributed by atoms with van der Waals surface area (Å²) in [5, 5.41) is 9.69. The van der Waals surface area contributed by atoms with E-state index in [4.69, 9.17) is 21.4 Å². The van der Waals surface area contributed by atoms with E-state index < -0.39 is 11.5 Å². The summed E-state index contributed by atoms with van der Waals surface area (Å²) in [4.78, 5) is 24.8. The van der Waals surface area contributed by atoms with Gasteiger partial charge in [-0.15, -0.1) is 0 Å². The molecule has 0 fully saturated rings. The number of carboxylic acid groups (broad SMARTS) is 1. The summed E-state index contributed by atoms with van der Waals surface area (Å²) in [6.45, 7) is 0. The molecule has 2 rings (SSSR count). The van der Waals surface area contributed by atoms with Gasteiger partial charge in [-0.25, -0.2) is 4.79 Å². The molecule has 88 valence electrons. The first-order valence-electron chi connectivity index (χ1n) is 4.67. The molecule has 0 unspecified atom stereocenters. The molecule has 5 nitrogen and oxygen atoms in total. The maximum Gasteiger partial charge on any atom is 0.336 e. The first-order valence-corrected chi connectivity index (χ1v) is 5.04. The summed E-state index contributed by atoms with van der Waals surface area (Å²) < 4.78 is 5.00. The molecule has 0 spiro atoms. The molecule has 17 heavy (non-hydrogen) atoms. The van der Waals surface area contributed by atoms with Gasteiger partial charge in [0.1, 0.15) is 5.75 Å². The Morgan fingerprint density at radius 1 is 1.41 bits per heavy atom. The van der Waals surface area contributed by atoms with Crippen LogP contribution in [-0.2, 0) is 0 Å². The third kappa shape index (κ3) is 1.97. The van der Waals surface area contributed by atoms with E-state index in [9.17, 15) is 9.59 Å². The fourth-order valence-corrected chi connectivity index (χ4v) is 1.83. The van der Waals surface area contributed by atoms with Gasteiger partial charge in [-0.2, -0.15) is 0 Å². The molecule has 6 heteroatoms. The number of aromatic carboxylic acids is 1. The molecule has 0 amide bonds. The third-order valence-electron chi connectivity index (χ3n) is 2.35. The van der Waals surface area contributed by atoms with Crippen LogP contribution in [0.4, 0.5) is 0 Å². The lowest BCUT2D eigenvalue weighted by atomic mass is 10.1. The standard InChI is InChI=1S/C11H8ClNO4/c1-17-9-2-5-6(11(15)16)3-10(14)13-8(5)4-7(9)12/h2-4H,1H3,(H,13,14)(H,15,16). The number of carboxylic acids is 1. The fourth-order valence-electron chi connectivity index (χ4n) is 1.59. The van der Waals surface area contributed by atoms with Crippen molar-refractivity contribution in [1.82, 2.24) is 4.98 Å². The van der Waals surface area contributed by atoms with Crippen LogP contribution in [0.15, 0.2) is 23.0 Å². The molecule has 2 N–H and O–H groups in total. The van der Waals surface area contributed by atoms with Crippen LogP contribution < -0.4 is 10.3 Å². The molecule has 0 atom stereocenters. The minimum atomic E-state index is -1.18. The van der Waals surface area contributed by atoms with Crippen molar-refractivity contribution >= 4 is 28.5 Å². The van der Waals surface area contributed by atoms with Gasteiger partial charge in [0.2, 0.25) is 5.56 Å². The van der Waals surface area contributed by atoms with Gasteiger partial charge in [-0.05, 0) is 12.1 Å². The summed E-state index contributed by atoms with van der Waals surface area (Å²) in [5.41, 5.74) is -0.212. The average Bonchev–Trinajstić information content (AvgIpc) is 2.26. The summed E-state index contributed by atoms with van der Waals surface area (Å²) in [6.07, 6.45) is 0. The molecule has 0 saturated carbocycles. The SMILES string of the molecule is COc1cc2c(C(=O)O)cc(=O)[nH]c2cc1Cl. The Morgan fingerprint density at radius 2 is 2.12 bits per heavy atom. The van der Waals surface area contributed by atoms with Crippen LogP contribution in [-0.4, -0.2) is 23.2 Å². The number of fused-ring (bicyclic) bond motifs is 1. The lowest BCUT2D eigenvalue weighted by Gasteiger charge is -2.07. The highest BCUT2D eigenvalue weighted by Gasteiger charge is 2.13. The van der Waals surface area contributed by atoms with E-state index in [0.29, 0.717) is 21.7 Å². The topological polar surface area (TPSA) is 79.4 Å². The second-order valence-corrected chi connectivity index (χ2v) is 3.79. The zero-order valence-corrected chi connectivity index (χ0v) is 9.54. The molecule has 1 aromatic carbocycles. The molecule has 1 heterocycles. The lowest BCUT2D eigenvalue weighted by Crippen LogP contribution is -2.10. The number of pyridine rings is 1. The van der Waals surface area contributed by atoms with Crippen molar-refractivity contribution in [2.45, 2.75) is 0 Å². The van der Waals surface area contributed by atoms with E-state index >= 15 is 0 Å². The van der Waals surface area contributed by atoms with E-state index in [-0.39, 0.29) is 5.56 Å². The predicted molar refractivity (Wildman–Crippen MR) is 63.1 cm³/mol. The third-order valence-corrected chi connectivity index (χ3v) is 2.64. The van der Waals surface area contributed by atoms with E-state index in [1.807, 2.05) is 0 Å². The number of aromatic amines is 1. The van der Waals surface area contributed by atoms with Crippen LogP contribution >= 0.6 is 11.6 Å². The lowest BCUT2D eigenvalue weighted by molar-refractivity contribution is 0.0699. The zero-order chi connectivity index (χ0) is 12.6. The second-order valence-electron chi connectivity index (χ2n) is 3.38. The smallest absolute Gasteiger partial charge is 0.336 e. The molecule has 0 aliphatic carbocycles. The Kier molecular flexibility index (Phi) is 2.77. The number of aromatic nitrogens is 1. The van der Waals surface area contributed by atoms with Crippen LogP contribution in [0.25, 0.3) is 10.9 Å². The predicted octanol–water partition coefficient (Wildman–Crippen LogP) is 1.89. The number of methoxy groups -OCH3 is 1. The maximum absolute atomic E-state index is 11.3. The highest BCUT2D eigenvalue weighted by atomic mass is 35.5. The second kappa shape index (κ2) is 4.10. The van der Waals surface area contributed by atoms with Gasteiger partial charge in [-0.3, -0.25) is 4.79 Å². The van der Waals surface area contributed by atoms with Crippen molar-refractivity contribution in [3.63, 3.8) is 0 Å². The van der Waals surface area contributed by atoms with Gasteiger partial charge in [-0.1, -0.05) is 11.6 Å². The van der Waals surface area contributed by atoms with Gasteiger partial charge in [0.05, 0.1) is 23.2 Å². The molecular weight excluding hydrogens is 246 g/mol. The maximum atomic E-state index is 11.3. The van der Waals surface area contributed by atoms with Crippen LogP contribution in [0.5, 0.6) is 5.75 Å². The first-order chi connectivity index (χ1) is 8.02. The molecule has 0 radical (unpaired) electrons. The van der Waals surface area contributed by atoms with Crippen LogP contribution in [0.3, 0.4) is 0 Å². The summed E-state index contributed by atoms with van der Waals surface area (Å²) in [7, 11) is 1.43. The monoisotopic (exact) mass is 253 g/mol. The number of carbonyl (C=O) groups is 1. The van der Waals surface area contributed by atoms with Crippen LogP contribution in [0.1, 0.15) is 10.4 Å². The Bertz CT molecular complexity index is 662. The number of ether oxygens (including phenoxy) is 1. The average molecular weight is 254 g/mol. The molecule has 0 bridgehead atoms. The number of benzene rings is 1. The van der Waals surface area contributed by atoms with Gasteiger partial charge < -0.3 is 14.8 Å². The van der Waals surface area contributed by atoms with Gasteiger partial charge in [0.25, 0.3) is 0 Å². The highest BCUT2D eigenvalue weighted by Crippen LogP contribution is 2.29. The van der Waals surface area contributed by atoms with E-state index in [1.54, 1.807) is 0 Å². The van der Waals surface area contributed by atoms with Gasteiger partial charge in [0, 0.05) is 11.5 Å². The summed E-state index contributed by atoms with van der Waals surface area (Å²) in [6, 6.07) is 3.97. The van der Waals surface area contributed by atoms with Crippen LogP contribution in [0.2, 0.25) is 5.02 Å². The normalized spacial score (nSPS) is 10.5. The molecule has 0 aliphatic rings. The van der Waals surface area contributed by atoms with Crippen molar-refractivity contribution in [3.05, 3.63) is 39.1 Å². The number of H-pyrrole nitrogens is 1. The van der Waals surface area contributed by atoms with Crippen molar-refractivity contribution in [2.75, 3.05) is 7.11 Å². The van der Waals surface area contributed by atoms with Gasteiger partial charge in [0.15, 0.2) is 0 Å². The van der Waals surface area contributed by atoms with Gasteiger partial charge >= 0.3 is 5.97 Å². The summed E-state index contributed by atoms with van der Waals surface area (Å²) >= 11 is 5.89. The largest absolute Gasteiger partial charge is 0.495 e. The number of nitrogens with one attached hydrogen (secondary N) is 1. The van der Waals surface area contributed by atoms with Crippen molar-refractivity contribution in [2.24, 2.45) is 0 Å². The zero-order valence-electron chi connectivity index (χ0n) is 8.78. The first kappa shape index (κ1) is 11.5. The van der Waals surface area contributed by atoms with Crippen molar-refractivity contribution in [1.29, 1.82) is 0 Å². The number of hydrogen-bond acceptors (Lipinski definition) is 3. The Hall–Kier alpha value is -2.01. The van der Waals surface area contributed by atoms with E-state index in [1.165, 1.54) is 19.2 Å². The minimum absolute atomic E-state index is 0.0845. The molecular formula is C11H8ClNO4.